The van der Waals surface area contributed by atoms with Crippen molar-refractivity contribution in [1.82, 2.24) is 5.32 Å². The summed E-state index contributed by atoms with van der Waals surface area (Å²) in [5.41, 5.74) is 2.26. The van der Waals surface area contributed by atoms with Crippen molar-refractivity contribution in [2.45, 2.75) is 33.2 Å². The number of hydrogen-bond acceptors (Lipinski definition) is 3. The van der Waals surface area contributed by atoms with E-state index in [0.29, 0.717) is 12.6 Å². The van der Waals surface area contributed by atoms with Crippen molar-refractivity contribution in [3.8, 4) is 11.5 Å². The summed E-state index contributed by atoms with van der Waals surface area (Å²) in [5, 5.41) is 3.32. The predicted octanol–water partition coefficient (Wildman–Crippen LogP) is 3.19. The van der Waals surface area contributed by atoms with Crippen molar-refractivity contribution in [1.29, 1.82) is 0 Å². The third kappa shape index (κ3) is 5.35. The Kier molecular flexibility index (Phi) is 6.43. The van der Waals surface area contributed by atoms with Gasteiger partial charge in [-0.15, -0.1) is 0 Å². The Balaban J connectivity index is 2.55. The van der Waals surface area contributed by atoms with Crippen LogP contribution in [-0.4, -0.2) is 26.3 Å². The molecule has 0 atom stereocenters. The average Bonchev–Trinajstić information content (AvgIpc) is 2.42. The second-order valence-corrected chi connectivity index (χ2v) is 4.91. The van der Waals surface area contributed by atoms with Gasteiger partial charge in [0.15, 0.2) is 11.5 Å². The van der Waals surface area contributed by atoms with Crippen LogP contribution in [-0.2, 0) is 6.42 Å². The molecule has 1 N–H and O–H groups in total. The van der Waals surface area contributed by atoms with E-state index in [0.717, 1.165) is 30.0 Å². The third-order valence-electron chi connectivity index (χ3n) is 2.83. The van der Waals surface area contributed by atoms with Gasteiger partial charge in [0.05, 0.1) is 7.11 Å². The number of benzene rings is 1. The fourth-order valence-corrected chi connectivity index (χ4v) is 1.63. The zero-order valence-corrected chi connectivity index (χ0v) is 12.5. The maximum absolute atomic E-state index is 5.76. The van der Waals surface area contributed by atoms with Crippen molar-refractivity contribution >= 4 is 0 Å². The first-order chi connectivity index (χ1) is 9.06. The number of ether oxygens (including phenoxy) is 2. The van der Waals surface area contributed by atoms with Crippen molar-refractivity contribution in [2.75, 3.05) is 20.3 Å². The van der Waals surface area contributed by atoms with Crippen LogP contribution in [0.3, 0.4) is 0 Å². The van der Waals surface area contributed by atoms with Gasteiger partial charge in [-0.05, 0) is 29.7 Å². The van der Waals surface area contributed by atoms with E-state index in [2.05, 4.69) is 38.7 Å². The Morgan fingerprint density at radius 2 is 2.05 bits per heavy atom. The predicted molar refractivity (Wildman–Crippen MR) is 80.1 cm³/mol. The molecule has 0 unspecified atom stereocenters. The molecule has 0 spiro atoms. The van der Waals surface area contributed by atoms with Gasteiger partial charge in [0, 0.05) is 12.6 Å². The quantitative estimate of drug-likeness (QED) is 0.731. The summed E-state index contributed by atoms with van der Waals surface area (Å²) >= 11 is 0. The highest BCUT2D eigenvalue weighted by molar-refractivity contribution is 5.43. The van der Waals surface area contributed by atoms with Gasteiger partial charge in [0.2, 0.25) is 0 Å². The first kappa shape index (κ1) is 15.6. The minimum absolute atomic E-state index is 0.454. The standard InChI is InChI=1S/C16H25NO2/c1-6-14-7-8-15(16(9-14)18-5)19-11-13(4)10-17-12(2)3/h7-9,12,17H,4,6,10-11H2,1-3,5H3. The minimum atomic E-state index is 0.454. The van der Waals surface area contributed by atoms with Crippen LogP contribution in [0.1, 0.15) is 26.3 Å². The van der Waals surface area contributed by atoms with E-state index >= 15 is 0 Å². The molecule has 0 amide bonds. The van der Waals surface area contributed by atoms with Crippen molar-refractivity contribution in [3.63, 3.8) is 0 Å². The summed E-state index contributed by atoms with van der Waals surface area (Å²) in [5.74, 6) is 1.55. The van der Waals surface area contributed by atoms with E-state index in [1.54, 1.807) is 7.11 Å². The smallest absolute Gasteiger partial charge is 0.161 e. The molecule has 0 aliphatic carbocycles. The number of rotatable bonds is 8. The van der Waals surface area contributed by atoms with Gasteiger partial charge >= 0.3 is 0 Å². The highest BCUT2D eigenvalue weighted by Gasteiger charge is 2.06. The van der Waals surface area contributed by atoms with Crippen LogP contribution in [0.4, 0.5) is 0 Å². The molecular weight excluding hydrogens is 238 g/mol. The zero-order valence-electron chi connectivity index (χ0n) is 12.5. The number of hydrogen-bond donors (Lipinski definition) is 1. The summed E-state index contributed by atoms with van der Waals surface area (Å²) in [6, 6.07) is 6.49. The second-order valence-electron chi connectivity index (χ2n) is 4.91. The Hall–Kier alpha value is -1.48. The zero-order chi connectivity index (χ0) is 14.3. The second kappa shape index (κ2) is 7.85. The molecule has 0 fully saturated rings. The molecule has 0 saturated heterocycles. The van der Waals surface area contributed by atoms with Crippen LogP contribution in [0.25, 0.3) is 0 Å². The van der Waals surface area contributed by atoms with Crippen LogP contribution >= 0.6 is 0 Å². The van der Waals surface area contributed by atoms with Crippen LogP contribution in [0.5, 0.6) is 11.5 Å². The summed E-state index contributed by atoms with van der Waals surface area (Å²) in [4.78, 5) is 0. The summed E-state index contributed by atoms with van der Waals surface area (Å²) in [7, 11) is 1.66. The number of aryl methyl sites for hydroxylation is 1. The monoisotopic (exact) mass is 263 g/mol. The normalized spacial score (nSPS) is 10.6. The molecule has 0 saturated carbocycles. The molecule has 0 radical (unpaired) electrons. The van der Waals surface area contributed by atoms with Gasteiger partial charge in [-0.3, -0.25) is 0 Å². The first-order valence-corrected chi connectivity index (χ1v) is 6.76. The molecule has 106 valence electrons. The Bertz CT molecular complexity index is 413. The topological polar surface area (TPSA) is 30.5 Å². The Labute approximate surface area is 116 Å². The summed E-state index contributed by atoms with van der Waals surface area (Å²) < 4.78 is 11.1. The van der Waals surface area contributed by atoms with E-state index in [1.165, 1.54) is 5.56 Å². The first-order valence-electron chi connectivity index (χ1n) is 6.76. The molecule has 0 aromatic heterocycles. The van der Waals surface area contributed by atoms with E-state index in [1.807, 2.05) is 12.1 Å². The van der Waals surface area contributed by atoms with E-state index in [9.17, 15) is 0 Å². The fraction of sp³-hybridized carbons (Fsp3) is 0.500. The maximum atomic E-state index is 5.76. The molecule has 3 heteroatoms. The van der Waals surface area contributed by atoms with Crippen LogP contribution < -0.4 is 14.8 Å². The molecule has 3 nitrogen and oxygen atoms in total. The SMILES string of the molecule is C=C(CNC(C)C)COc1ccc(CC)cc1OC. The van der Waals surface area contributed by atoms with Gasteiger partial charge in [-0.2, -0.15) is 0 Å². The number of nitrogens with one attached hydrogen (secondary N) is 1. The van der Waals surface area contributed by atoms with Gasteiger partial charge in [-0.25, -0.2) is 0 Å². The highest BCUT2D eigenvalue weighted by Crippen LogP contribution is 2.28. The molecule has 1 aromatic rings. The summed E-state index contributed by atoms with van der Waals surface area (Å²) in [6.45, 7) is 11.6. The largest absolute Gasteiger partial charge is 0.493 e. The lowest BCUT2D eigenvalue weighted by atomic mass is 10.1. The van der Waals surface area contributed by atoms with Gasteiger partial charge in [-0.1, -0.05) is 33.4 Å². The lowest BCUT2D eigenvalue weighted by molar-refractivity contribution is 0.316. The molecular formula is C16H25NO2. The average molecular weight is 263 g/mol. The molecule has 1 rings (SSSR count). The molecule has 0 heterocycles. The van der Waals surface area contributed by atoms with Crippen molar-refractivity contribution < 1.29 is 9.47 Å². The van der Waals surface area contributed by atoms with E-state index < -0.39 is 0 Å². The maximum Gasteiger partial charge on any atom is 0.161 e. The Morgan fingerprint density at radius 1 is 1.32 bits per heavy atom. The Morgan fingerprint density at radius 3 is 2.63 bits per heavy atom. The third-order valence-corrected chi connectivity index (χ3v) is 2.83. The van der Waals surface area contributed by atoms with Crippen molar-refractivity contribution in [2.24, 2.45) is 0 Å². The summed E-state index contributed by atoms with van der Waals surface area (Å²) in [6.07, 6.45) is 0.988. The molecule has 1 aromatic carbocycles. The number of methoxy groups -OCH3 is 1. The highest BCUT2D eigenvalue weighted by atomic mass is 16.5. The van der Waals surface area contributed by atoms with Gasteiger partial charge in [0.25, 0.3) is 0 Å². The van der Waals surface area contributed by atoms with E-state index in [-0.39, 0.29) is 0 Å². The van der Waals surface area contributed by atoms with Crippen LogP contribution in [0.2, 0.25) is 0 Å². The molecule has 19 heavy (non-hydrogen) atoms. The minimum Gasteiger partial charge on any atom is -0.493 e. The lowest BCUT2D eigenvalue weighted by Crippen LogP contribution is -2.26. The van der Waals surface area contributed by atoms with Crippen LogP contribution in [0, 0.1) is 0 Å². The van der Waals surface area contributed by atoms with Gasteiger partial charge in [0.1, 0.15) is 6.61 Å². The van der Waals surface area contributed by atoms with Crippen molar-refractivity contribution in [3.05, 3.63) is 35.9 Å². The fourth-order valence-electron chi connectivity index (χ4n) is 1.63. The van der Waals surface area contributed by atoms with Gasteiger partial charge < -0.3 is 14.8 Å². The molecule has 0 aliphatic rings. The van der Waals surface area contributed by atoms with E-state index in [4.69, 9.17) is 9.47 Å². The molecule has 0 aliphatic heterocycles. The molecule has 0 bridgehead atoms. The lowest BCUT2D eigenvalue weighted by Gasteiger charge is -2.14. The van der Waals surface area contributed by atoms with Crippen LogP contribution in [0.15, 0.2) is 30.4 Å².